The third kappa shape index (κ3) is 4.98. The second kappa shape index (κ2) is 7.62. The summed E-state index contributed by atoms with van der Waals surface area (Å²) in [5, 5.41) is 4.24. The number of nitrogens with two attached hydrogens (primary N) is 1. The van der Waals surface area contributed by atoms with E-state index < -0.39 is 12.0 Å². The first-order chi connectivity index (χ1) is 11.0. The maximum absolute atomic E-state index is 12.1. The third-order valence-electron chi connectivity index (χ3n) is 2.61. The zero-order chi connectivity index (χ0) is 16.8. The van der Waals surface area contributed by atoms with Gasteiger partial charge in [0.2, 0.25) is 0 Å². The summed E-state index contributed by atoms with van der Waals surface area (Å²) >= 11 is 11.7. The normalized spacial score (nSPS) is 10.5. The summed E-state index contributed by atoms with van der Waals surface area (Å²) in [6.45, 7) is 0. The Hall–Kier alpha value is -2.57. The fourth-order valence-electron chi connectivity index (χ4n) is 1.65. The number of hydrazone groups is 1. The monoisotopic (exact) mass is 351 g/mol. The lowest BCUT2D eigenvalue weighted by atomic mass is 10.2. The van der Waals surface area contributed by atoms with Crippen LogP contribution in [0.15, 0.2) is 47.6 Å². The van der Waals surface area contributed by atoms with Gasteiger partial charge in [0, 0.05) is 5.02 Å². The lowest BCUT2D eigenvalue weighted by Gasteiger charge is -2.06. The fraction of sp³-hybridized carbons (Fsp3) is 0. The molecule has 0 unspecified atom stereocenters. The Morgan fingerprint density at radius 2 is 1.96 bits per heavy atom. The van der Waals surface area contributed by atoms with Crippen molar-refractivity contribution in [3.05, 3.63) is 63.6 Å². The average molecular weight is 352 g/mol. The maximum Gasteiger partial charge on any atom is 0.345 e. The number of hydrogen-bond acceptors (Lipinski definition) is 4. The van der Waals surface area contributed by atoms with Crippen LogP contribution in [0.5, 0.6) is 5.75 Å². The van der Waals surface area contributed by atoms with Gasteiger partial charge in [-0.15, -0.1) is 0 Å². The molecule has 0 saturated carbocycles. The Bertz CT molecular complexity index is 778. The molecule has 23 heavy (non-hydrogen) atoms. The number of rotatable bonds is 4. The highest BCUT2D eigenvalue weighted by Gasteiger charge is 2.13. The van der Waals surface area contributed by atoms with E-state index in [4.69, 9.17) is 33.7 Å². The zero-order valence-electron chi connectivity index (χ0n) is 11.6. The van der Waals surface area contributed by atoms with Gasteiger partial charge in [0.05, 0.1) is 16.8 Å². The lowest BCUT2D eigenvalue weighted by molar-refractivity contribution is 0.0735. The maximum atomic E-state index is 12.1. The number of primary amides is 1. The SMILES string of the molecule is NC(=O)N/N=C/c1cccc(OC(=O)c2ccc(Cl)cc2Cl)c1. The molecule has 0 aliphatic heterocycles. The number of nitrogens with zero attached hydrogens (tertiary/aromatic N) is 1. The number of carbonyl (C=O) groups excluding carboxylic acids is 2. The number of esters is 1. The standard InChI is InChI=1S/C15H11Cl2N3O3/c16-10-4-5-12(13(17)7-10)14(21)23-11-3-1-2-9(6-11)8-19-20-15(18)22/h1-8H,(H3,18,20,22)/b19-8+. The van der Waals surface area contributed by atoms with Gasteiger partial charge in [-0.3, -0.25) is 0 Å². The van der Waals surface area contributed by atoms with Crippen molar-refractivity contribution in [3.63, 3.8) is 0 Å². The van der Waals surface area contributed by atoms with Gasteiger partial charge in [-0.1, -0.05) is 35.3 Å². The van der Waals surface area contributed by atoms with E-state index in [1.54, 1.807) is 30.3 Å². The van der Waals surface area contributed by atoms with E-state index in [1.807, 2.05) is 0 Å². The van der Waals surface area contributed by atoms with Gasteiger partial charge in [0.1, 0.15) is 5.75 Å². The largest absolute Gasteiger partial charge is 0.423 e. The van der Waals surface area contributed by atoms with Gasteiger partial charge in [0.15, 0.2) is 0 Å². The molecule has 0 aliphatic carbocycles. The Morgan fingerprint density at radius 3 is 2.65 bits per heavy atom. The van der Waals surface area contributed by atoms with E-state index in [0.29, 0.717) is 16.3 Å². The van der Waals surface area contributed by atoms with Crippen LogP contribution < -0.4 is 15.9 Å². The first-order valence-corrected chi connectivity index (χ1v) is 7.07. The van der Waals surface area contributed by atoms with Crippen molar-refractivity contribution in [3.8, 4) is 5.75 Å². The second-order valence-electron chi connectivity index (χ2n) is 4.32. The number of hydrogen-bond donors (Lipinski definition) is 2. The number of ether oxygens (including phenoxy) is 1. The minimum absolute atomic E-state index is 0.200. The van der Waals surface area contributed by atoms with Crippen molar-refractivity contribution in [2.75, 3.05) is 0 Å². The highest BCUT2D eigenvalue weighted by Crippen LogP contribution is 2.23. The molecule has 8 heteroatoms. The molecule has 6 nitrogen and oxygen atoms in total. The molecule has 2 aromatic rings. The van der Waals surface area contributed by atoms with Crippen LogP contribution in [-0.2, 0) is 0 Å². The van der Waals surface area contributed by atoms with Crippen molar-refractivity contribution in [1.29, 1.82) is 0 Å². The van der Waals surface area contributed by atoms with E-state index in [2.05, 4.69) is 10.5 Å². The summed E-state index contributed by atoms with van der Waals surface area (Å²) < 4.78 is 5.25. The average Bonchev–Trinajstić information content (AvgIpc) is 2.47. The summed E-state index contributed by atoms with van der Waals surface area (Å²) in [6.07, 6.45) is 1.36. The van der Waals surface area contributed by atoms with Crippen LogP contribution in [0.1, 0.15) is 15.9 Å². The molecule has 0 heterocycles. The molecule has 0 spiro atoms. The minimum atomic E-state index is -0.777. The molecule has 0 bridgehead atoms. The minimum Gasteiger partial charge on any atom is -0.423 e. The van der Waals surface area contributed by atoms with Crippen LogP contribution in [0, 0.1) is 0 Å². The van der Waals surface area contributed by atoms with E-state index in [-0.39, 0.29) is 10.6 Å². The molecule has 0 aromatic heterocycles. The first-order valence-electron chi connectivity index (χ1n) is 6.31. The van der Waals surface area contributed by atoms with Crippen molar-refractivity contribution < 1.29 is 14.3 Å². The van der Waals surface area contributed by atoms with Crippen LogP contribution in [0.4, 0.5) is 4.79 Å². The third-order valence-corrected chi connectivity index (χ3v) is 3.16. The van der Waals surface area contributed by atoms with Crippen molar-refractivity contribution in [2.24, 2.45) is 10.8 Å². The quantitative estimate of drug-likeness (QED) is 0.383. The van der Waals surface area contributed by atoms with E-state index in [0.717, 1.165) is 0 Å². The number of benzene rings is 2. The van der Waals surface area contributed by atoms with Crippen molar-refractivity contribution in [2.45, 2.75) is 0 Å². The van der Waals surface area contributed by atoms with Crippen LogP contribution >= 0.6 is 23.2 Å². The molecule has 2 rings (SSSR count). The molecule has 0 radical (unpaired) electrons. The van der Waals surface area contributed by atoms with Crippen molar-refractivity contribution in [1.82, 2.24) is 5.43 Å². The molecule has 0 fully saturated rings. The predicted octanol–water partition coefficient (Wildman–Crippen LogP) is 3.21. The summed E-state index contributed by atoms with van der Waals surface area (Å²) in [5.74, 6) is -0.319. The number of amides is 2. The Morgan fingerprint density at radius 1 is 1.17 bits per heavy atom. The zero-order valence-corrected chi connectivity index (χ0v) is 13.1. The molecular formula is C15H11Cl2N3O3. The van der Waals surface area contributed by atoms with Gasteiger partial charge in [-0.05, 0) is 35.9 Å². The lowest BCUT2D eigenvalue weighted by Crippen LogP contribution is -2.24. The molecule has 0 saturated heterocycles. The van der Waals surface area contributed by atoms with Gasteiger partial charge in [0.25, 0.3) is 0 Å². The highest BCUT2D eigenvalue weighted by molar-refractivity contribution is 6.36. The molecule has 3 N–H and O–H groups in total. The van der Waals surface area contributed by atoms with E-state index in [9.17, 15) is 9.59 Å². The van der Waals surface area contributed by atoms with Crippen LogP contribution in [0.25, 0.3) is 0 Å². The molecular weight excluding hydrogens is 341 g/mol. The predicted molar refractivity (Wildman–Crippen MR) is 88.2 cm³/mol. The van der Waals surface area contributed by atoms with Crippen LogP contribution in [0.3, 0.4) is 0 Å². The van der Waals surface area contributed by atoms with Crippen LogP contribution in [-0.4, -0.2) is 18.2 Å². The van der Waals surface area contributed by atoms with Crippen LogP contribution in [0.2, 0.25) is 10.0 Å². The summed E-state index contributed by atoms with van der Waals surface area (Å²) in [7, 11) is 0. The van der Waals surface area contributed by atoms with Gasteiger partial charge in [-0.2, -0.15) is 5.10 Å². The molecule has 118 valence electrons. The number of carbonyl (C=O) groups is 2. The topological polar surface area (TPSA) is 93.8 Å². The second-order valence-corrected chi connectivity index (χ2v) is 5.16. The Balaban J connectivity index is 2.12. The fourth-order valence-corrected chi connectivity index (χ4v) is 2.13. The number of halogens is 2. The molecule has 2 aromatic carbocycles. The first kappa shape index (κ1) is 16.8. The Kier molecular flexibility index (Phi) is 5.56. The number of nitrogens with one attached hydrogen (secondary N) is 1. The number of urea groups is 1. The van der Waals surface area contributed by atoms with Gasteiger partial charge >= 0.3 is 12.0 Å². The summed E-state index contributed by atoms with van der Waals surface area (Å²) in [5.41, 5.74) is 7.75. The Labute approximate surface area is 141 Å². The highest BCUT2D eigenvalue weighted by atomic mass is 35.5. The molecule has 0 aliphatic rings. The van der Waals surface area contributed by atoms with Crippen molar-refractivity contribution >= 4 is 41.4 Å². The smallest absolute Gasteiger partial charge is 0.345 e. The summed E-state index contributed by atoms with van der Waals surface area (Å²) in [4.78, 5) is 22.6. The summed E-state index contributed by atoms with van der Waals surface area (Å²) in [6, 6.07) is 10.2. The van der Waals surface area contributed by atoms with E-state index >= 15 is 0 Å². The molecule has 0 atom stereocenters. The molecule has 2 amide bonds. The van der Waals surface area contributed by atoms with Gasteiger partial charge < -0.3 is 10.5 Å². The van der Waals surface area contributed by atoms with E-state index in [1.165, 1.54) is 18.3 Å². The van der Waals surface area contributed by atoms with Gasteiger partial charge in [-0.25, -0.2) is 15.0 Å².